The number of rotatable bonds is 5. The summed E-state index contributed by atoms with van der Waals surface area (Å²) in [6.45, 7) is 5.06. The molecule has 0 spiro atoms. The van der Waals surface area contributed by atoms with E-state index in [2.05, 4.69) is 24.5 Å². The number of hydrogen-bond donors (Lipinski definition) is 2. The Morgan fingerprint density at radius 1 is 1.25 bits per heavy atom. The summed E-state index contributed by atoms with van der Waals surface area (Å²) in [5, 5.41) is 6.43. The van der Waals surface area contributed by atoms with Gasteiger partial charge < -0.3 is 10.6 Å². The van der Waals surface area contributed by atoms with Gasteiger partial charge in [0, 0.05) is 18.5 Å². The lowest BCUT2D eigenvalue weighted by atomic mass is 10.1. The lowest BCUT2D eigenvalue weighted by Crippen LogP contribution is -2.38. The van der Waals surface area contributed by atoms with Crippen LogP contribution in [0.2, 0.25) is 0 Å². The topological polar surface area (TPSA) is 41.1 Å². The third-order valence-corrected chi connectivity index (χ3v) is 3.26. The van der Waals surface area contributed by atoms with Crippen molar-refractivity contribution < 1.29 is 4.79 Å². The van der Waals surface area contributed by atoms with Crippen LogP contribution in [0.25, 0.3) is 0 Å². The van der Waals surface area contributed by atoms with Crippen molar-refractivity contribution in [2.75, 3.05) is 6.54 Å². The maximum absolute atomic E-state index is 11.8. The van der Waals surface area contributed by atoms with E-state index in [9.17, 15) is 4.79 Å². The van der Waals surface area contributed by atoms with Gasteiger partial charge in [-0.25, -0.2) is 0 Å². The Morgan fingerprint density at radius 2 is 1.88 bits per heavy atom. The van der Waals surface area contributed by atoms with Crippen molar-refractivity contribution in [3.05, 3.63) is 0 Å². The average molecular weight is 226 g/mol. The molecule has 94 valence electrons. The Kier molecular flexibility index (Phi) is 6.46. The zero-order valence-corrected chi connectivity index (χ0v) is 10.7. The molecule has 1 aliphatic carbocycles. The van der Waals surface area contributed by atoms with E-state index in [0.29, 0.717) is 12.5 Å². The molecule has 0 aromatic heterocycles. The molecule has 0 aromatic rings. The minimum absolute atomic E-state index is 0.209. The SMILES string of the molecule is CCNC(C)CC(=O)NC1CCCCCC1. The molecule has 3 nitrogen and oxygen atoms in total. The van der Waals surface area contributed by atoms with Crippen molar-refractivity contribution in [3.63, 3.8) is 0 Å². The van der Waals surface area contributed by atoms with Crippen LogP contribution in [0.3, 0.4) is 0 Å². The minimum atomic E-state index is 0.209. The largest absolute Gasteiger partial charge is 0.353 e. The van der Waals surface area contributed by atoms with E-state index in [1.165, 1.54) is 38.5 Å². The van der Waals surface area contributed by atoms with Gasteiger partial charge in [-0.15, -0.1) is 0 Å². The monoisotopic (exact) mass is 226 g/mol. The van der Waals surface area contributed by atoms with E-state index >= 15 is 0 Å². The zero-order valence-electron chi connectivity index (χ0n) is 10.7. The lowest BCUT2D eigenvalue weighted by molar-refractivity contribution is -0.122. The predicted octanol–water partition coefficient (Wildman–Crippen LogP) is 2.21. The van der Waals surface area contributed by atoms with E-state index in [1.54, 1.807) is 0 Å². The smallest absolute Gasteiger partial charge is 0.221 e. The van der Waals surface area contributed by atoms with E-state index in [0.717, 1.165) is 6.54 Å². The molecule has 1 aliphatic rings. The molecule has 3 heteroatoms. The van der Waals surface area contributed by atoms with Crippen molar-refractivity contribution >= 4 is 5.91 Å². The summed E-state index contributed by atoms with van der Waals surface area (Å²) in [4.78, 5) is 11.8. The highest BCUT2D eigenvalue weighted by atomic mass is 16.1. The normalized spacial score (nSPS) is 20.1. The van der Waals surface area contributed by atoms with Gasteiger partial charge in [-0.05, 0) is 26.3 Å². The molecule has 1 fully saturated rings. The quantitative estimate of drug-likeness (QED) is 0.706. The Balaban J connectivity index is 2.21. The summed E-state index contributed by atoms with van der Waals surface area (Å²) in [6.07, 6.45) is 8.15. The average Bonchev–Trinajstić information content (AvgIpc) is 2.46. The highest BCUT2D eigenvalue weighted by Gasteiger charge is 2.15. The lowest BCUT2D eigenvalue weighted by Gasteiger charge is -2.18. The van der Waals surface area contributed by atoms with E-state index in [-0.39, 0.29) is 11.9 Å². The summed E-state index contributed by atoms with van der Waals surface area (Å²) in [7, 11) is 0. The fourth-order valence-electron chi connectivity index (χ4n) is 2.41. The first kappa shape index (κ1) is 13.5. The van der Waals surface area contributed by atoms with Gasteiger partial charge in [0.2, 0.25) is 5.91 Å². The third kappa shape index (κ3) is 5.50. The Bertz CT molecular complexity index is 198. The van der Waals surface area contributed by atoms with Crippen molar-refractivity contribution in [1.82, 2.24) is 10.6 Å². The first-order valence-corrected chi connectivity index (χ1v) is 6.75. The second-order valence-electron chi connectivity index (χ2n) is 4.92. The van der Waals surface area contributed by atoms with Crippen molar-refractivity contribution in [1.29, 1.82) is 0 Å². The molecule has 0 saturated heterocycles. The van der Waals surface area contributed by atoms with E-state index < -0.39 is 0 Å². The molecular formula is C13H26N2O. The van der Waals surface area contributed by atoms with Crippen molar-refractivity contribution in [2.24, 2.45) is 0 Å². The number of amides is 1. The van der Waals surface area contributed by atoms with E-state index in [1.807, 2.05) is 0 Å². The number of carbonyl (C=O) groups excluding carboxylic acids is 1. The summed E-state index contributed by atoms with van der Waals surface area (Å²) in [6, 6.07) is 0.722. The van der Waals surface area contributed by atoms with Crippen LogP contribution < -0.4 is 10.6 Å². The molecule has 1 atom stereocenters. The maximum atomic E-state index is 11.8. The summed E-state index contributed by atoms with van der Waals surface area (Å²) in [5.74, 6) is 0.209. The molecular weight excluding hydrogens is 200 g/mol. The first-order valence-electron chi connectivity index (χ1n) is 6.75. The van der Waals surface area contributed by atoms with Crippen molar-refractivity contribution in [2.45, 2.75) is 70.9 Å². The van der Waals surface area contributed by atoms with Crippen LogP contribution in [0.1, 0.15) is 58.8 Å². The molecule has 1 rings (SSSR count). The number of carbonyl (C=O) groups is 1. The standard InChI is InChI=1S/C13H26N2O/c1-3-14-11(2)10-13(16)15-12-8-6-4-5-7-9-12/h11-12,14H,3-10H2,1-2H3,(H,15,16). The fraction of sp³-hybridized carbons (Fsp3) is 0.923. The molecule has 1 saturated carbocycles. The highest BCUT2D eigenvalue weighted by Crippen LogP contribution is 2.17. The van der Waals surface area contributed by atoms with Crippen LogP contribution in [-0.2, 0) is 4.79 Å². The van der Waals surface area contributed by atoms with Gasteiger partial charge in [-0.3, -0.25) is 4.79 Å². The summed E-state index contributed by atoms with van der Waals surface area (Å²) < 4.78 is 0. The van der Waals surface area contributed by atoms with Crippen LogP contribution in [0.5, 0.6) is 0 Å². The third-order valence-electron chi connectivity index (χ3n) is 3.26. The molecule has 16 heavy (non-hydrogen) atoms. The molecule has 0 aromatic carbocycles. The number of nitrogens with one attached hydrogen (secondary N) is 2. The molecule has 0 aliphatic heterocycles. The molecule has 0 radical (unpaired) electrons. The van der Waals surface area contributed by atoms with Gasteiger partial charge in [0.1, 0.15) is 0 Å². The minimum Gasteiger partial charge on any atom is -0.353 e. The van der Waals surface area contributed by atoms with Crippen LogP contribution >= 0.6 is 0 Å². The predicted molar refractivity (Wildman–Crippen MR) is 67.4 cm³/mol. The molecule has 1 amide bonds. The second kappa shape index (κ2) is 7.66. The van der Waals surface area contributed by atoms with Gasteiger partial charge in [-0.2, -0.15) is 0 Å². The summed E-state index contributed by atoms with van der Waals surface area (Å²) in [5.41, 5.74) is 0. The fourth-order valence-corrected chi connectivity index (χ4v) is 2.41. The number of hydrogen-bond acceptors (Lipinski definition) is 2. The van der Waals surface area contributed by atoms with Crippen molar-refractivity contribution in [3.8, 4) is 0 Å². The highest BCUT2D eigenvalue weighted by molar-refractivity contribution is 5.76. The van der Waals surface area contributed by atoms with Gasteiger partial charge in [-0.1, -0.05) is 32.6 Å². The van der Waals surface area contributed by atoms with Gasteiger partial charge in [0.05, 0.1) is 0 Å². The maximum Gasteiger partial charge on any atom is 0.221 e. The van der Waals surface area contributed by atoms with Crippen LogP contribution in [0, 0.1) is 0 Å². The Hall–Kier alpha value is -0.570. The molecule has 2 N–H and O–H groups in total. The van der Waals surface area contributed by atoms with Crippen LogP contribution in [-0.4, -0.2) is 24.5 Å². The summed E-state index contributed by atoms with van der Waals surface area (Å²) >= 11 is 0. The van der Waals surface area contributed by atoms with E-state index in [4.69, 9.17) is 0 Å². The van der Waals surface area contributed by atoms with Gasteiger partial charge >= 0.3 is 0 Å². The first-order chi connectivity index (χ1) is 7.72. The van der Waals surface area contributed by atoms with Gasteiger partial charge in [0.25, 0.3) is 0 Å². The molecule has 0 bridgehead atoms. The van der Waals surface area contributed by atoms with Gasteiger partial charge in [0.15, 0.2) is 0 Å². The Morgan fingerprint density at radius 3 is 2.44 bits per heavy atom. The second-order valence-corrected chi connectivity index (χ2v) is 4.92. The molecule has 0 heterocycles. The molecule has 1 unspecified atom stereocenters. The zero-order chi connectivity index (χ0) is 11.8. The van der Waals surface area contributed by atoms with Crippen LogP contribution in [0.4, 0.5) is 0 Å². The van der Waals surface area contributed by atoms with Crippen LogP contribution in [0.15, 0.2) is 0 Å². The Labute approximate surface area is 99.4 Å².